The highest BCUT2D eigenvalue weighted by atomic mass is 32.2. The number of hydrogen-bond acceptors (Lipinski definition) is 3. The van der Waals surface area contributed by atoms with Crippen molar-refractivity contribution in [3.05, 3.63) is 59.7 Å². The summed E-state index contributed by atoms with van der Waals surface area (Å²) in [5.74, 6) is 1.71. The van der Waals surface area contributed by atoms with Crippen LogP contribution in [0.15, 0.2) is 53.4 Å². The topological polar surface area (TPSA) is 38.3 Å². The van der Waals surface area contributed by atoms with E-state index in [0.717, 1.165) is 27.5 Å². The number of nitrogens with one attached hydrogen (secondary N) is 1. The molecule has 1 atom stereocenters. The van der Waals surface area contributed by atoms with Crippen molar-refractivity contribution >= 4 is 17.7 Å². The Hall–Kier alpha value is -1.94. The zero-order valence-electron chi connectivity index (χ0n) is 13.1. The van der Waals surface area contributed by atoms with E-state index in [2.05, 4.69) is 12.2 Å². The summed E-state index contributed by atoms with van der Waals surface area (Å²) < 4.78 is 5.15. The largest absolute Gasteiger partial charge is 0.497 e. The highest BCUT2D eigenvalue weighted by molar-refractivity contribution is 7.99. The maximum Gasteiger partial charge on any atom is 0.252 e. The molecule has 0 fully saturated rings. The first-order chi connectivity index (χ1) is 10.7. The van der Waals surface area contributed by atoms with Gasteiger partial charge in [0.25, 0.3) is 5.91 Å². The van der Waals surface area contributed by atoms with Crippen molar-refractivity contribution in [1.29, 1.82) is 0 Å². The van der Waals surface area contributed by atoms with Crippen molar-refractivity contribution in [1.82, 2.24) is 5.32 Å². The van der Waals surface area contributed by atoms with E-state index >= 15 is 0 Å². The molecule has 1 unspecified atom stereocenters. The van der Waals surface area contributed by atoms with Crippen molar-refractivity contribution in [2.24, 2.45) is 0 Å². The van der Waals surface area contributed by atoms with Crippen LogP contribution in [0.25, 0.3) is 0 Å². The Morgan fingerprint density at radius 2 is 1.86 bits per heavy atom. The molecule has 2 rings (SSSR count). The molecular formula is C18H21NO2S. The number of thioether (sulfide) groups is 1. The summed E-state index contributed by atoms with van der Waals surface area (Å²) in [6, 6.07) is 15.4. The van der Waals surface area contributed by atoms with Crippen LogP contribution in [0.1, 0.15) is 35.8 Å². The third kappa shape index (κ3) is 4.04. The second-order valence-electron chi connectivity index (χ2n) is 4.90. The number of ether oxygens (including phenoxy) is 1. The first-order valence-electron chi connectivity index (χ1n) is 7.32. The van der Waals surface area contributed by atoms with E-state index in [4.69, 9.17) is 4.74 Å². The van der Waals surface area contributed by atoms with Crippen molar-refractivity contribution in [3.8, 4) is 5.75 Å². The van der Waals surface area contributed by atoms with Crippen molar-refractivity contribution in [2.45, 2.75) is 24.8 Å². The van der Waals surface area contributed by atoms with Crippen molar-refractivity contribution in [2.75, 3.05) is 12.9 Å². The van der Waals surface area contributed by atoms with Gasteiger partial charge in [0, 0.05) is 4.90 Å². The van der Waals surface area contributed by atoms with Crippen molar-refractivity contribution < 1.29 is 9.53 Å². The number of benzene rings is 2. The summed E-state index contributed by atoms with van der Waals surface area (Å²) in [6.07, 6.45) is 0. The van der Waals surface area contributed by atoms with Gasteiger partial charge in [-0.15, -0.1) is 11.8 Å². The van der Waals surface area contributed by atoms with Crippen LogP contribution in [0, 0.1) is 0 Å². The fourth-order valence-electron chi connectivity index (χ4n) is 2.19. The SMILES string of the molecule is CCSc1ccccc1C(=O)NC(C)c1ccc(OC)cc1. The third-order valence-electron chi connectivity index (χ3n) is 3.39. The van der Waals surface area contributed by atoms with Gasteiger partial charge in [-0.3, -0.25) is 4.79 Å². The van der Waals surface area contributed by atoms with E-state index in [-0.39, 0.29) is 11.9 Å². The summed E-state index contributed by atoms with van der Waals surface area (Å²) in [6.45, 7) is 4.06. The zero-order valence-corrected chi connectivity index (χ0v) is 13.9. The molecule has 0 aliphatic carbocycles. The standard InChI is InChI=1S/C18H21NO2S/c1-4-22-17-8-6-5-7-16(17)18(20)19-13(2)14-9-11-15(21-3)12-10-14/h5-13H,4H2,1-3H3,(H,19,20). The molecule has 0 saturated carbocycles. The molecule has 116 valence electrons. The predicted octanol–water partition coefficient (Wildman–Crippen LogP) is 4.30. The van der Waals surface area contributed by atoms with Gasteiger partial charge >= 0.3 is 0 Å². The molecule has 4 heteroatoms. The Kier molecular flexibility index (Phi) is 5.90. The number of hydrogen-bond donors (Lipinski definition) is 1. The van der Waals surface area contributed by atoms with Crippen LogP contribution < -0.4 is 10.1 Å². The lowest BCUT2D eigenvalue weighted by Gasteiger charge is -2.16. The van der Waals surface area contributed by atoms with E-state index in [1.54, 1.807) is 18.9 Å². The molecule has 3 nitrogen and oxygen atoms in total. The van der Waals surface area contributed by atoms with Crippen LogP contribution in [0.3, 0.4) is 0 Å². The number of amides is 1. The summed E-state index contributed by atoms with van der Waals surface area (Å²) in [5.41, 5.74) is 1.78. The molecule has 0 aliphatic rings. The van der Waals surface area contributed by atoms with Crippen LogP contribution in [0.2, 0.25) is 0 Å². The average molecular weight is 315 g/mol. The summed E-state index contributed by atoms with van der Waals surface area (Å²) >= 11 is 1.68. The molecule has 22 heavy (non-hydrogen) atoms. The van der Waals surface area contributed by atoms with Gasteiger partial charge in [0.1, 0.15) is 5.75 Å². The Bertz CT molecular complexity index is 625. The molecule has 0 saturated heterocycles. The number of carbonyl (C=O) groups is 1. The molecule has 2 aromatic rings. The van der Waals surface area contributed by atoms with Gasteiger partial charge in [0.2, 0.25) is 0 Å². The Morgan fingerprint density at radius 3 is 2.50 bits per heavy atom. The van der Waals surface area contributed by atoms with Crippen LogP contribution >= 0.6 is 11.8 Å². The Balaban J connectivity index is 2.10. The fraction of sp³-hybridized carbons (Fsp3) is 0.278. The summed E-state index contributed by atoms with van der Waals surface area (Å²) in [5, 5.41) is 3.06. The monoisotopic (exact) mass is 315 g/mol. The van der Waals surface area contributed by atoms with Crippen LogP contribution in [-0.2, 0) is 0 Å². The molecule has 0 radical (unpaired) electrons. The van der Waals surface area contributed by atoms with Crippen LogP contribution in [-0.4, -0.2) is 18.8 Å². The Morgan fingerprint density at radius 1 is 1.18 bits per heavy atom. The normalized spacial score (nSPS) is 11.8. The lowest BCUT2D eigenvalue weighted by molar-refractivity contribution is 0.0937. The maximum atomic E-state index is 12.5. The first-order valence-corrected chi connectivity index (χ1v) is 8.31. The number of rotatable bonds is 6. The first kappa shape index (κ1) is 16.4. The smallest absolute Gasteiger partial charge is 0.252 e. The van der Waals surface area contributed by atoms with E-state index in [0.29, 0.717) is 0 Å². The molecule has 2 aromatic carbocycles. The zero-order chi connectivity index (χ0) is 15.9. The molecule has 0 spiro atoms. The highest BCUT2D eigenvalue weighted by Crippen LogP contribution is 2.23. The van der Waals surface area contributed by atoms with Gasteiger partial charge in [-0.05, 0) is 42.5 Å². The Labute approximate surface area is 136 Å². The average Bonchev–Trinajstić information content (AvgIpc) is 2.55. The second kappa shape index (κ2) is 7.90. The molecule has 0 heterocycles. The summed E-state index contributed by atoms with van der Waals surface area (Å²) in [4.78, 5) is 13.5. The molecule has 1 N–H and O–H groups in total. The van der Waals surface area contributed by atoms with Crippen LogP contribution in [0.5, 0.6) is 5.75 Å². The lowest BCUT2D eigenvalue weighted by atomic mass is 10.1. The minimum absolute atomic E-state index is 0.0418. The highest BCUT2D eigenvalue weighted by Gasteiger charge is 2.14. The fourth-order valence-corrected chi connectivity index (χ4v) is 2.99. The molecular weight excluding hydrogens is 294 g/mol. The lowest BCUT2D eigenvalue weighted by Crippen LogP contribution is -2.27. The quantitative estimate of drug-likeness (QED) is 0.808. The summed E-state index contributed by atoms with van der Waals surface area (Å²) in [7, 11) is 1.64. The van der Waals surface area contributed by atoms with Gasteiger partial charge < -0.3 is 10.1 Å². The van der Waals surface area contributed by atoms with E-state index in [1.165, 1.54) is 0 Å². The minimum atomic E-state index is -0.0573. The van der Waals surface area contributed by atoms with Crippen molar-refractivity contribution in [3.63, 3.8) is 0 Å². The van der Waals surface area contributed by atoms with Gasteiger partial charge in [-0.1, -0.05) is 31.2 Å². The third-order valence-corrected chi connectivity index (χ3v) is 4.35. The minimum Gasteiger partial charge on any atom is -0.497 e. The van der Waals surface area contributed by atoms with Crippen LogP contribution in [0.4, 0.5) is 0 Å². The maximum absolute atomic E-state index is 12.5. The van der Waals surface area contributed by atoms with Gasteiger partial charge in [-0.2, -0.15) is 0 Å². The van der Waals surface area contributed by atoms with E-state index < -0.39 is 0 Å². The van der Waals surface area contributed by atoms with Gasteiger partial charge in [0.05, 0.1) is 18.7 Å². The molecule has 0 aromatic heterocycles. The van der Waals surface area contributed by atoms with Gasteiger partial charge in [0.15, 0.2) is 0 Å². The van der Waals surface area contributed by atoms with E-state index in [1.807, 2.05) is 55.5 Å². The van der Waals surface area contributed by atoms with Gasteiger partial charge in [-0.25, -0.2) is 0 Å². The number of carbonyl (C=O) groups excluding carboxylic acids is 1. The molecule has 1 amide bonds. The number of methoxy groups -OCH3 is 1. The molecule has 0 bridgehead atoms. The molecule has 0 aliphatic heterocycles. The van der Waals surface area contributed by atoms with E-state index in [9.17, 15) is 4.79 Å². The second-order valence-corrected chi connectivity index (χ2v) is 6.20. The predicted molar refractivity (Wildman–Crippen MR) is 91.7 cm³/mol.